The van der Waals surface area contributed by atoms with Crippen LogP contribution in [-0.4, -0.2) is 75.1 Å². The minimum Gasteiger partial charge on any atom is -0.454 e. The molecule has 0 unspecified atom stereocenters. The van der Waals surface area contributed by atoms with Crippen LogP contribution in [0.2, 0.25) is 0 Å². The average Bonchev–Trinajstić information content (AvgIpc) is 3.30. The highest BCUT2D eigenvalue weighted by Gasteiger charge is 2.46. The van der Waals surface area contributed by atoms with Crippen LogP contribution in [0.3, 0.4) is 0 Å². The molecule has 7 nitrogen and oxygen atoms in total. The normalized spacial score (nSPS) is 27.5. The van der Waals surface area contributed by atoms with Gasteiger partial charge in [-0.15, -0.1) is 0 Å². The standard InChI is InChI=1S/C18H24N2O5/c1-19(2)18(21)10-23-17-7-20(14-9-22-8-13(14)17)6-12-3-4-15-16(5-12)25-11-24-15/h3-5,13-14,17H,6-11H2,1-2H3/t13-,14+,17-/m1/s1. The molecule has 3 heterocycles. The Morgan fingerprint density at radius 2 is 2.12 bits per heavy atom. The summed E-state index contributed by atoms with van der Waals surface area (Å²) in [5, 5.41) is 0. The van der Waals surface area contributed by atoms with E-state index in [1.165, 1.54) is 5.56 Å². The van der Waals surface area contributed by atoms with Crippen LogP contribution in [0, 0.1) is 5.92 Å². The highest BCUT2D eigenvalue weighted by atomic mass is 16.7. The smallest absolute Gasteiger partial charge is 0.248 e. The second kappa shape index (κ2) is 6.82. The summed E-state index contributed by atoms with van der Waals surface area (Å²) in [5.74, 6) is 1.92. The molecule has 1 aromatic carbocycles. The van der Waals surface area contributed by atoms with Gasteiger partial charge in [0.15, 0.2) is 11.5 Å². The molecule has 25 heavy (non-hydrogen) atoms. The molecule has 0 saturated carbocycles. The van der Waals surface area contributed by atoms with E-state index in [1.54, 1.807) is 19.0 Å². The van der Waals surface area contributed by atoms with Gasteiger partial charge in [-0.25, -0.2) is 0 Å². The van der Waals surface area contributed by atoms with Gasteiger partial charge in [-0.05, 0) is 17.7 Å². The van der Waals surface area contributed by atoms with Crippen molar-refractivity contribution >= 4 is 5.91 Å². The number of likely N-dealkylation sites (N-methyl/N-ethyl adjacent to an activating group) is 1. The molecule has 1 aromatic rings. The number of carbonyl (C=O) groups is 1. The number of amides is 1. The first-order valence-electron chi connectivity index (χ1n) is 8.64. The van der Waals surface area contributed by atoms with E-state index in [9.17, 15) is 4.79 Å². The minimum atomic E-state index is -0.00955. The van der Waals surface area contributed by atoms with Crippen molar-refractivity contribution in [2.24, 2.45) is 5.92 Å². The fourth-order valence-electron chi connectivity index (χ4n) is 3.73. The lowest BCUT2D eigenvalue weighted by atomic mass is 10.0. The van der Waals surface area contributed by atoms with E-state index in [2.05, 4.69) is 11.0 Å². The molecular formula is C18H24N2O5. The zero-order chi connectivity index (χ0) is 17.4. The van der Waals surface area contributed by atoms with Crippen molar-refractivity contribution < 1.29 is 23.7 Å². The Morgan fingerprint density at radius 1 is 1.28 bits per heavy atom. The molecule has 7 heteroatoms. The summed E-state index contributed by atoms with van der Waals surface area (Å²) in [4.78, 5) is 15.7. The summed E-state index contributed by atoms with van der Waals surface area (Å²) in [6, 6.07) is 6.41. The molecule has 0 radical (unpaired) electrons. The summed E-state index contributed by atoms with van der Waals surface area (Å²) in [7, 11) is 3.49. The van der Waals surface area contributed by atoms with E-state index in [4.69, 9.17) is 18.9 Å². The van der Waals surface area contributed by atoms with Crippen LogP contribution >= 0.6 is 0 Å². The van der Waals surface area contributed by atoms with Gasteiger partial charge in [0, 0.05) is 39.1 Å². The van der Waals surface area contributed by atoms with E-state index in [0.29, 0.717) is 18.6 Å². The number of ether oxygens (including phenoxy) is 4. The maximum atomic E-state index is 11.8. The van der Waals surface area contributed by atoms with Crippen molar-refractivity contribution in [3.8, 4) is 11.5 Å². The van der Waals surface area contributed by atoms with E-state index in [-0.39, 0.29) is 25.4 Å². The van der Waals surface area contributed by atoms with Crippen LogP contribution in [0.15, 0.2) is 18.2 Å². The molecule has 0 aliphatic carbocycles. The molecule has 3 aliphatic rings. The van der Waals surface area contributed by atoms with Crippen LogP contribution < -0.4 is 9.47 Å². The van der Waals surface area contributed by atoms with Crippen molar-refractivity contribution in [1.82, 2.24) is 9.80 Å². The van der Waals surface area contributed by atoms with Crippen molar-refractivity contribution in [2.45, 2.75) is 18.7 Å². The first-order chi connectivity index (χ1) is 12.1. The lowest BCUT2D eigenvalue weighted by molar-refractivity contribution is -0.136. The number of carbonyl (C=O) groups excluding carboxylic acids is 1. The van der Waals surface area contributed by atoms with E-state index < -0.39 is 0 Å². The molecular weight excluding hydrogens is 324 g/mol. The summed E-state index contributed by atoms with van der Waals surface area (Å²) in [6.07, 6.45) is 0.0328. The number of rotatable bonds is 5. The Labute approximate surface area is 147 Å². The zero-order valence-corrected chi connectivity index (χ0v) is 14.6. The number of benzene rings is 1. The molecule has 3 aliphatic heterocycles. The largest absolute Gasteiger partial charge is 0.454 e. The van der Waals surface area contributed by atoms with Crippen LogP contribution in [0.1, 0.15) is 5.56 Å². The van der Waals surface area contributed by atoms with Gasteiger partial charge in [-0.1, -0.05) is 6.07 Å². The van der Waals surface area contributed by atoms with Crippen molar-refractivity contribution in [1.29, 1.82) is 0 Å². The first-order valence-corrected chi connectivity index (χ1v) is 8.64. The molecule has 4 rings (SSSR count). The third-order valence-corrected chi connectivity index (χ3v) is 5.20. The Kier molecular flexibility index (Phi) is 4.54. The van der Waals surface area contributed by atoms with Gasteiger partial charge in [0.05, 0.1) is 19.3 Å². The van der Waals surface area contributed by atoms with E-state index >= 15 is 0 Å². The maximum absolute atomic E-state index is 11.8. The number of likely N-dealkylation sites (tertiary alicyclic amines) is 1. The average molecular weight is 348 g/mol. The molecule has 1 amide bonds. The number of fused-ring (bicyclic) bond motifs is 2. The molecule has 0 spiro atoms. The second-order valence-corrected chi connectivity index (χ2v) is 7.02. The molecule has 2 fully saturated rings. The molecule has 0 bridgehead atoms. The van der Waals surface area contributed by atoms with E-state index in [1.807, 2.05) is 12.1 Å². The lowest BCUT2D eigenvalue weighted by Gasteiger charge is -2.22. The maximum Gasteiger partial charge on any atom is 0.248 e. The first kappa shape index (κ1) is 16.6. The summed E-state index contributed by atoms with van der Waals surface area (Å²) in [6.45, 7) is 3.45. The highest BCUT2D eigenvalue weighted by molar-refractivity contribution is 5.76. The predicted octanol–water partition coefficient (Wildman–Crippen LogP) is 0.719. The Balaban J connectivity index is 1.41. The van der Waals surface area contributed by atoms with Gasteiger partial charge in [-0.3, -0.25) is 9.69 Å². The minimum absolute atomic E-state index is 0.00955. The Morgan fingerprint density at radius 3 is 2.96 bits per heavy atom. The Hall–Kier alpha value is -1.83. The Bertz CT molecular complexity index is 650. The van der Waals surface area contributed by atoms with Crippen LogP contribution in [0.25, 0.3) is 0 Å². The third kappa shape index (κ3) is 3.31. The van der Waals surface area contributed by atoms with Crippen LogP contribution in [0.4, 0.5) is 0 Å². The number of hydrogen-bond donors (Lipinski definition) is 0. The van der Waals surface area contributed by atoms with Crippen LogP contribution in [-0.2, 0) is 20.8 Å². The van der Waals surface area contributed by atoms with E-state index in [0.717, 1.165) is 31.2 Å². The summed E-state index contributed by atoms with van der Waals surface area (Å²) >= 11 is 0. The van der Waals surface area contributed by atoms with Crippen molar-refractivity contribution in [2.75, 3.05) is 47.3 Å². The second-order valence-electron chi connectivity index (χ2n) is 7.02. The number of nitrogens with zero attached hydrogens (tertiary/aromatic N) is 2. The van der Waals surface area contributed by atoms with Crippen LogP contribution in [0.5, 0.6) is 11.5 Å². The molecule has 0 N–H and O–H groups in total. The monoisotopic (exact) mass is 348 g/mol. The summed E-state index contributed by atoms with van der Waals surface area (Å²) < 4.78 is 22.4. The van der Waals surface area contributed by atoms with Crippen molar-refractivity contribution in [3.63, 3.8) is 0 Å². The number of hydrogen-bond acceptors (Lipinski definition) is 6. The van der Waals surface area contributed by atoms with Gasteiger partial charge in [-0.2, -0.15) is 0 Å². The molecule has 3 atom stereocenters. The van der Waals surface area contributed by atoms with Gasteiger partial charge >= 0.3 is 0 Å². The fourth-order valence-corrected chi connectivity index (χ4v) is 3.73. The fraction of sp³-hybridized carbons (Fsp3) is 0.611. The predicted molar refractivity (Wildman–Crippen MR) is 89.5 cm³/mol. The molecule has 2 saturated heterocycles. The zero-order valence-electron chi connectivity index (χ0n) is 14.6. The highest BCUT2D eigenvalue weighted by Crippen LogP contribution is 2.36. The lowest BCUT2D eigenvalue weighted by Crippen LogP contribution is -2.32. The van der Waals surface area contributed by atoms with Gasteiger partial charge in [0.1, 0.15) is 6.61 Å². The summed E-state index contributed by atoms with van der Waals surface area (Å²) in [5.41, 5.74) is 1.18. The van der Waals surface area contributed by atoms with Crippen molar-refractivity contribution in [3.05, 3.63) is 23.8 Å². The SMILES string of the molecule is CN(C)C(=O)CO[C@@H]1CN(Cc2ccc3c(c2)OCO3)[C@H]2COC[C@@H]12. The quantitative estimate of drug-likeness (QED) is 0.781. The molecule has 136 valence electrons. The van der Waals surface area contributed by atoms with Gasteiger partial charge < -0.3 is 23.8 Å². The topological polar surface area (TPSA) is 60.5 Å². The van der Waals surface area contributed by atoms with Gasteiger partial charge in [0.2, 0.25) is 12.7 Å². The third-order valence-electron chi connectivity index (χ3n) is 5.20. The van der Waals surface area contributed by atoms with Gasteiger partial charge in [0.25, 0.3) is 0 Å². The molecule has 0 aromatic heterocycles.